The molecule has 2 heterocycles. The third-order valence-corrected chi connectivity index (χ3v) is 4.94. The number of carbonyl (C=O) groups is 1. The van der Waals surface area contributed by atoms with Crippen LogP contribution in [0, 0.1) is 0 Å². The molecule has 0 aliphatic carbocycles. The Morgan fingerprint density at radius 3 is 2.81 bits per heavy atom. The van der Waals surface area contributed by atoms with Gasteiger partial charge in [0.15, 0.2) is 0 Å². The first-order valence-corrected chi connectivity index (χ1v) is 9.28. The number of benzene rings is 1. The standard InChI is InChI=1S/C20H28N4O2/c1-22(2)11-4-13-23-14-10-21-19(23)17-5-3-12-24(15-17)20(26)16-6-8-18(25)9-7-16/h6-10,14,17,25H,3-5,11-13,15H2,1-2H3/t17-/m0/s1. The number of carbonyl (C=O) groups excluding carboxylic acids is 1. The molecule has 6 nitrogen and oxygen atoms in total. The number of phenolic OH excluding ortho intramolecular Hbond substituents is 1. The number of aromatic hydroxyl groups is 1. The minimum atomic E-state index is 0.0282. The van der Waals surface area contributed by atoms with E-state index in [1.54, 1.807) is 24.3 Å². The fourth-order valence-electron chi connectivity index (χ4n) is 3.59. The van der Waals surface area contributed by atoms with Crippen molar-refractivity contribution in [3.05, 3.63) is 48.0 Å². The van der Waals surface area contributed by atoms with Crippen LogP contribution in [0.15, 0.2) is 36.7 Å². The summed E-state index contributed by atoms with van der Waals surface area (Å²) in [5.74, 6) is 1.57. The van der Waals surface area contributed by atoms with Gasteiger partial charge in [0.1, 0.15) is 11.6 Å². The Balaban J connectivity index is 1.66. The third kappa shape index (κ3) is 4.43. The van der Waals surface area contributed by atoms with Gasteiger partial charge < -0.3 is 19.5 Å². The van der Waals surface area contributed by atoms with Gasteiger partial charge in [0.2, 0.25) is 0 Å². The lowest BCUT2D eigenvalue weighted by Gasteiger charge is -2.33. The number of aryl methyl sites for hydroxylation is 1. The maximum absolute atomic E-state index is 12.8. The fourth-order valence-corrected chi connectivity index (χ4v) is 3.59. The van der Waals surface area contributed by atoms with Crippen molar-refractivity contribution < 1.29 is 9.90 Å². The summed E-state index contributed by atoms with van der Waals surface area (Å²) >= 11 is 0. The van der Waals surface area contributed by atoms with E-state index in [-0.39, 0.29) is 17.6 Å². The summed E-state index contributed by atoms with van der Waals surface area (Å²) in [6, 6.07) is 6.49. The van der Waals surface area contributed by atoms with Crippen molar-refractivity contribution >= 4 is 5.91 Å². The quantitative estimate of drug-likeness (QED) is 0.864. The Labute approximate surface area is 155 Å². The lowest BCUT2D eigenvalue weighted by Crippen LogP contribution is -2.39. The van der Waals surface area contributed by atoms with Crippen molar-refractivity contribution in [1.82, 2.24) is 19.4 Å². The number of hydrogen-bond donors (Lipinski definition) is 1. The molecule has 0 saturated carbocycles. The van der Waals surface area contributed by atoms with Crippen molar-refractivity contribution in [2.45, 2.75) is 31.7 Å². The predicted octanol–water partition coefficient (Wildman–Crippen LogP) is 2.56. The van der Waals surface area contributed by atoms with Gasteiger partial charge in [0.05, 0.1) is 0 Å². The molecule has 1 fully saturated rings. The lowest BCUT2D eigenvalue weighted by molar-refractivity contribution is 0.0703. The van der Waals surface area contributed by atoms with Crippen LogP contribution in [-0.2, 0) is 6.54 Å². The van der Waals surface area contributed by atoms with Crippen LogP contribution in [0.3, 0.4) is 0 Å². The van der Waals surface area contributed by atoms with E-state index in [1.165, 1.54) is 0 Å². The van der Waals surface area contributed by atoms with Gasteiger partial charge in [-0.25, -0.2) is 4.98 Å². The molecule has 1 aromatic heterocycles. The number of hydrogen-bond acceptors (Lipinski definition) is 4. The number of rotatable bonds is 6. The fraction of sp³-hybridized carbons (Fsp3) is 0.500. The van der Waals surface area contributed by atoms with E-state index in [2.05, 4.69) is 28.5 Å². The lowest BCUT2D eigenvalue weighted by atomic mass is 9.96. The molecule has 1 atom stereocenters. The maximum Gasteiger partial charge on any atom is 0.253 e. The average molecular weight is 356 g/mol. The molecule has 1 aliphatic rings. The smallest absolute Gasteiger partial charge is 0.253 e. The Bertz CT molecular complexity index is 724. The molecule has 26 heavy (non-hydrogen) atoms. The molecule has 0 radical (unpaired) electrons. The van der Waals surface area contributed by atoms with Crippen molar-refractivity contribution in [2.24, 2.45) is 0 Å². The Morgan fingerprint density at radius 2 is 2.08 bits per heavy atom. The zero-order chi connectivity index (χ0) is 18.5. The third-order valence-electron chi connectivity index (χ3n) is 4.94. The highest BCUT2D eigenvalue weighted by atomic mass is 16.3. The maximum atomic E-state index is 12.8. The van der Waals surface area contributed by atoms with Crippen LogP contribution in [0.25, 0.3) is 0 Å². The van der Waals surface area contributed by atoms with E-state index >= 15 is 0 Å². The molecule has 2 aromatic rings. The van der Waals surface area contributed by atoms with Crippen molar-refractivity contribution in [3.8, 4) is 5.75 Å². The average Bonchev–Trinajstić information content (AvgIpc) is 3.10. The van der Waals surface area contributed by atoms with Gasteiger partial charge in [0, 0.05) is 43.5 Å². The number of amides is 1. The van der Waals surface area contributed by atoms with Crippen LogP contribution in [0.2, 0.25) is 0 Å². The van der Waals surface area contributed by atoms with Gasteiger partial charge in [-0.05, 0) is 64.2 Å². The van der Waals surface area contributed by atoms with Gasteiger partial charge in [0.25, 0.3) is 5.91 Å². The number of imidazole rings is 1. The highest BCUT2D eigenvalue weighted by Crippen LogP contribution is 2.27. The number of nitrogens with zero attached hydrogens (tertiary/aromatic N) is 4. The van der Waals surface area contributed by atoms with Crippen LogP contribution in [0.1, 0.15) is 41.4 Å². The van der Waals surface area contributed by atoms with E-state index in [1.807, 2.05) is 17.3 Å². The molecule has 0 bridgehead atoms. The monoisotopic (exact) mass is 356 g/mol. The summed E-state index contributed by atoms with van der Waals surface area (Å²) in [6.07, 6.45) is 7.04. The van der Waals surface area contributed by atoms with Crippen molar-refractivity contribution in [2.75, 3.05) is 33.7 Å². The molecule has 0 unspecified atom stereocenters. The zero-order valence-electron chi connectivity index (χ0n) is 15.6. The van der Waals surface area contributed by atoms with E-state index in [0.29, 0.717) is 12.1 Å². The van der Waals surface area contributed by atoms with E-state index < -0.39 is 0 Å². The minimum Gasteiger partial charge on any atom is -0.508 e. The molecule has 1 amide bonds. The van der Waals surface area contributed by atoms with Crippen LogP contribution in [0.5, 0.6) is 5.75 Å². The van der Waals surface area contributed by atoms with Gasteiger partial charge in [-0.3, -0.25) is 4.79 Å². The molecule has 140 valence electrons. The molecular weight excluding hydrogens is 328 g/mol. The van der Waals surface area contributed by atoms with Crippen molar-refractivity contribution in [1.29, 1.82) is 0 Å². The minimum absolute atomic E-state index is 0.0282. The summed E-state index contributed by atoms with van der Waals surface area (Å²) in [6.45, 7) is 3.48. The van der Waals surface area contributed by atoms with Gasteiger partial charge in [-0.2, -0.15) is 0 Å². The second-order valence-corrected chi connectivity index (χ2v) is 7.27. The molecular formula is C20H28N4O2. The molecule has 6 heteroatoms. The molecule has 1 aromatic carbocycles. The Hall–Kier alpha value is -2.34. The summed E-state index contributed by atoms with van der Waals surface area (Å²) in [5, 5.41) is 9.41. The Kier molecular flexibility index (Phi) is 5.93. The van der Waals surface area contributed by atoms with Crippen LogP contribution in [0.4, 0.5) is 0 Å². The highest BCUT2D eigenvalue weighted by Gasteiger charge is 2.27. The topological polar surface area (TPSA) is 61.6 Å². The van der Waals surface area contributed by atoms with E-state index in [9.17, 15) is 9.90 Å². The van der Waals surface area contributed by atoms with Gasteiger partial charge in [-0.15, -0.1) is 0 Å². The first kappa shape index (κ1) is 18.5. The van der Waals surface area contributed by atoms with Gasteiger partial charge >= 0.3 is 0 Å². The van der Waals surface area contributed by atoms with Crippen LogP contribution >= 0.6 is 0 Å². The number of aromatic nitrogens is 2. The summed E-state index contributed by atoms with van der Waals surface area (Å²) in [7, 11) is 4.17. The van der Waals surface area contributed by atoms with Crippen molar-refractivity contribution in [3.63, 3.8) is 0 Å². The molecule has 1 aliphatic heterocycles. The second-order valence-electron chi connectivity index (χ2n) is 7.27. The summed E-state index contributed by atoms with van der Waals surface area (Å²) in [5.41, 5.74) is 0.623. The Morgan fingerprint density at radius 1 is 1.31 bits per heavy atom. The largest absolute Gasteiger partial charge is 0.508 e. The van der Waals surface area contributed by atoms with E-state index in [0.717, 1.165) is 44.7 Å². The highest BCUT2D eigenvalue weighted by molar-refractivity contribution is 5.94. The number of piperidine rings is 1. The first-order chi connectivity index (χ1) is 12.5. The first-order valence-electron chi connectivity index (χ1n) is 9.28. The predicted molar refractivity (Wildman–Crippen MR) is 101 cm³/mol. The molecule has 0 spiro atoms. The van der Waals surface area contributed by atoms with Gasteiger partial charge in [-0.1, -0.05) is 0 Å². The molecule has 3 rings (SSSR count). The van der Waals surface area contributed by atoms with Crippen LogP contribution in [-0.4, -0.2) is 64.1 Å². The molecule has 1 saturated heterocycles. The van der Waals surface area contributed by atoms with Crippen LogP contribution < -0.4 is 0 Å². The summed E-state index contributed by atoms with van der Waals surface area (Å²) < 4.78 is 2.24. The van der Waals surface area contributed by atoms with E-state index in [4.69, 9.17) is 0 Å². The number of phenols is 1. The second kappa shape index (κ2) is 8.36. The normalized spacial score (nSPS) is 17.7. The number of likely N-dealkylation sites (tertiary alicyclic amines) is 1. The molecule has 1 N–H and O–H groups in total. The SMILES string of the molecule is CN(C)CCCn1ccnc1[C@H]1CCCN(C(=O)c2ccc(O)cc2)C1. The summed E-state index contributed by atoms with van der Waals surface area (Å²) in [4.78, 5) is 21.5. The zero-order valence-corrected chi connectivity index (χ0v) is 15.6.